The van der Waals surface area contributed by atoms with E-state index in [9.17, 15) is 4.79 Å². The van der Waals surface area contributed by atoms with E-state index in [-0.39, 0.29) is 5.56 Å². The zero-order chi connectivity index (χ0) is 13.4. The second-order valence-corrected chi connectivity index (χ2v) is 4.70. The average Bonchev–Trinajstić information content (AvgIpc) is 2.44. The summed E-state index contributed by atoms with van der Waals surface area (Å²) in [4.78, 5) is 16.9. The summed E-state index contributed by atoms with van der Waals surface area (Å²) >= 11 is 6.18. The fourth-order valence-corrected chi connectivity index (χ4v) is 2.32. The van der Waals surface area contributed by atoms with Gasteiger partial charge in [-0.1, -0.05) is 35.9 Å². The molecule has 0 amide bonds. The van der Waals surface area contributed by atoms with E-state index < -0.39 is 0 Å². The van der Waals surface area contributed by atoms with Gasteiger partial charge in [-0.15, -0.1) is 0 Å². The Bertz CT molecular complexity index is 824. The number of halogens is 1. The minimum atomic E-state index is -0.0690. The van der Waals surface area contributed by atoms with Crippen molar-refractivity contribution in [2.45, 2.75) is 0 Å². The van der Waals surface area contributed by atoms with Crippen molar-refractivity contribution in [3.63, 3.8) is 0 Å². The van der Waals surface area contributed by atoms with Crippen LogP contribution in [0.25, 0.3) is 22.3 Å². The Morgan fingerprint density at radius 1 is 1.05 bits per heavy atom. The lowest BCUT2D eigenvalue weighted by Crippen LogP contribution is -2.20. The molecule has 0 radical (unpaired) electrons. The number of nitrogens with zero attached hydrogens (tertiary/aromatic N) is 2. The number of aromatic nitrogens is 2. The molecule has 0 spiro atoms. The third-order valence-electron chi connectivity index (χ3n) is 3.10. The van der Waals surface area contributed by atoms with Gasteiger partial charge < -0.3 is 0 Å². The van der Waals surface area contributed by atoms with E-state index >= 15 is 0 Å². The van der Waals surface area contributed by atoms with Crippen LogP contribution in [0.4, 0.5) is 0 Å². The molecule has 0 atom stereocenters. The molecule has 0 saturated heterocycles. The minimum Gasteiger partial charge on any atom is -0.295 e. The molecule has 1 aromatic heterocycles. The van der Waals surface area contributed by atoms with Crippen LogP contribution in [-0.2, 0) is 7.05 Å². The standard InChI is InChI=1S/C15H11ClN2O/c1-18-14(10-6-2-4-8-12(10)16)17-13-9-5-3-7-11(13)15(18)19/h2-9H,1H3. The number of para-hydroxylation sites is 1. The van der Waals surface area contributed by atoms with E-state index in [1.54, 1.807) is 19.2 Å². The molecule has 2 aromatic carbocycles. The van der Waals surface area contributed by atoms with Gasteiger partial charge in [0.1, 0.15) is 5.82 Å². The van der Waals surface area contributed by atoms with E-state index in [4.69, 9.17) is 11.6 Å². The van der Waals surface area contributed by atoms with Crippen molar-refractivity contribution in [3.05, 3.63) is 63.9 Å². The van der Waals surface area contributed by atoms with Crippen molar-refractivity contribution >= 4 is 22.5 Å². The molecule has 1 heterocycles. The van der Waals surface area contributed by atoms with Gasteiger partial charge in [-0.2, -0.15) is 0 Å². The van der Waals surface area contributed by atoms with Crippen molar-refractivity contribution in [2.24, 2.45) is 7.05 Å². The molecule has 3 aromatic rings. The molecule has 94 valence electrons. The molecule has 3 rings (SSSR count). The van der Waals surface area contributed by atoms with Crippen LogP contribution >= 0.6 is 11.6 Å². The lowest BCUT2D eigenvalue weighted by molar-refractivity contribution is 0.856. The van der Waals surface area contributed by atoms with Crippen molar-refractivity contribution in [3.8, 4) is 11.4 Å². The summed E-state index contributed by atoms with van der Waals surface area (Å²) in [5.74, 6) is 0.578. The predicted octanol–water partition coefficient (Wildman–Crippen LogP) is 3.25. The maximum absolute atomic E-state index is 12.3. The van der Waals surface area contributed by atoms with E-state index in [1.165, 1.54) is 4.57 Å². The zero-order valence-corrected chi connectivity index (χ0v) is 11.1. The molecule has 4 heteroatoms. The second-order valence-electron chi connectivity index (χ2n) is 4.30. The highest BCUT2D eigenvalue weighted by Crippen LogP contribution is 2.25. The molecular weight excluding hydrogens is 260 g/mol. The monoisotopic (exact) mass is 270 g/mol. The van der Waals surface area contributed by atoms with Gasteiger partial charge in [0.25, 0.3) is 5.56 Å². The first-order valence-electron chi connectivity index (χ1n) is 5.89. The lowest BCUT2D eigenvalue weighted by atomic mass is 10.2. The minimum absolute atomic E-state index is 0.0690. The summed E-state index contributed by atoms with van der Waals surface area (Å²) in [5.41, 5.74) is 1.37. The Labute approximate surface area is 115 Å². The van der Waals surface area contributed by atoms with E-state index in [1.807, 2.05) is 36.4 Å². The number of hydrogen-bond donors (Lipinski definition) is 0. The van der Waals surface area contributed by atoms with Gasteiger partial charge in [0.15, 0.2) is 0 Å². The van der Waals surface area contributed by atoms with Gasteiger partial charge in [0.2, 0.25) is 0 Å². The van der Waals surface area contributed by atoms with Crippen molar-refractivity contribution in [2.75, 3.05) is 0 Å². The predicted molar refractivity (Wildman–Crippen MR) is 77.4 cm³/mol. The fourth-order valence-electron chi connectivity index (χ4n) is 2.10. The number of hydrogen-bond acceptors (Lipinski definition) is 2. The maximum Gasteiger partial charge on any atom is 0.261 e. The molecule has 19 heavy (non-hydrogen) atoms. The molecule has 3 nitrogen and oxygen atoms in total. The highest BCUT2D eigenvalue weighted by atomic mass is 35.5. The molecule has 0 aliphatic heterocycles. The van der Waals surface area contributed by atoms with Crippen molar-refractivity contribution in [1.82, 2.24) is 9.55 Å². The summed E-state index contributed by atoms with van der Waals surface area (Å²) in [7, 11) is 1.71. The zero-order valence-electron chi connectivity index (χ0n) is 10.3. The largest absolute Gasteiger partial charge is 0.295 e. The van der Waals surface area contributed by atoms with E-state index in [0.717, 1.165) is 5.56 Å². The first-order chi connectivity index (χ1) is 9.18. The Hall–Kier alpha value is -2.13. The average molecular weight is 271 g/mol. The molecule has 0 saturated carbocycles. The summed E-state index contributed by atoms with van der Waals surface area (Å²) in [6.07, 6.45) is 0. The summed E-state index contributed by atoms with van der Waals surface area (Å²) in [6, 6.07) is 14.7. The molecule has 0 unspecified atom stereocenters. The highest BCUT2D eigenvalue weighted by molar-refractivity contribution is 6.33. The van der Waals surface area contributed by atoms with Crippen molar-refractivity contribution in [1.29, 1.82) is 0 Å². The van der Waals surface area contributed by atoms with Gasteiger partial charge in [0.05, 0.1) is 15.9 Å². The fraction of sp³-hybridized carbons (Fsp3) is 0.0667. The number of rotatable bonds is 1. The quantitative estimate of drug-likeness (QED) is 0.680. The van der Waals surface area contributed by atoms with Crippen LogP contribution in [0, 0.1) is 0 Å². The van der Waals surface area contributed by atoms with Gasteiger partial charge in [-0.05, 0) is 24.3 Å². The van der Waals surface area contributed by atoms with Gasteiger partial charge in [-0.3, -0.25) is 9.36 Å². The summed E-state index contributed by atoms with van der Waals surface area (Å²) in [6.45, 7) is 0. The third-order valence-corrected chi connectivity index (χ3v) is 3.43. The SMILES string of the molecule is Cn1c(-c2ccccc2Cl)nc2ccccc2c1=O. The molecule has 0 aliphatic carbocycles. The number of benzene rings is 2. The van der Waals surface area contributed by atoms with Gasteiger partial charge >= 0.3 is 0 Å². The second kappa shape index (κ2) is 4.52. The van der Waals surface area contributed by atoms with Crippen LogP contribution in [0.15, 0.2) is 53.3 Å². The van der Waals surface area contributed by atoms with Crippen LogP contribution in [-0.4, -0.2) is 9.55 Å². The molecule has 0 bridgehead atoms. The molecule has 0 fully saturated rings. The Kier molecular flexibility index (Phi) is 2.84. The lowest BCUT2D eigenvalue weighted by Gasteiger charge is -2.10. The molecular formula is C15H11ClN2O. The first kappa shape index (κ1) is 11.9. The van der Waals surface area contributed by atoms with Crippen LogP contribution in [0.1, 0.15) is 0 Å². The van der Waals surface area contributed by atoms with Crippen molar-refractivity contribution < 1.29 is 0 Å². The molecule has 0 N–H and O–H groups in total. The highest BCUT2D eigenvalue weighted by Gasteiger charge is 2.11. The van der Waals surface area contributed by atoms with Crippen LogP contribution in [0.5, 0.6) is 0 Å². The van der Waals surface area contributed by atoms with Crippen LogP contribution < -0.4 is 5.56 Å². The van der Waals surface area contributed by atoms with Gasteiger partial charge in [0, 0.05) is 12.6 Å². The smallest absolute Gasteiger partial charge is 0.261 e. The van der Waals surface area contributed by atoms with E-state index in [2.05, 4.69) is 4.98 Å². The van der Waals surface area contributed by atoms with Crippen LogP contribution in [0.3, 0.4) is 0 Å². The molecule has 0 aliphatic rings. The topological polar surface area (TPSA) is 34.9 Å². The number of fused-ring (bicyclic) bond motifs is 1. The Balaban J connectivity index is 2.40. The van der Waals surface area contributed by atoms with Crippen LogP contribution in [0.2, 0.25) is 5.02 Å². The Morgan fingerprint density at radius 3 is 2.53 bits per heavy atom. The maximum atomic E-state index is 12.3. The first-order valence-corrected chi connectivity index (χ1v) is 6.27. The van der Waals surface area contributed by atoms with E-state index in [0.29, 0.717) is 21.7 Å². The third kappa shape index (κ3) is 1.92. The Morgan fingerprint density at radius 2 is 1.74 bits per heavy atom. The van der Waals surface area contributed by atoms with Gasteiger partial charge in [-0.25, -0.2) is 4.98 Å². The summed E-state index contributed by atoms with van der Waals surface area (Å²) < 4.78 is 1.53. The summed E-state index contributed by atoms with van der Waals surface area (Å²) in [5, 5.41) is 1.20. The normalized spacial score (nSPS) is 10.8.